The standard InChI is InChI=1S/C22H23NO5/c1-14-5-7-16(8-6-14)12-23(3)20(24)13-27-22(25)21-15(2)18-11-17(26-4)9-10-19(18)28-21/h5-11H,12-13H2,1-4H3. The van der Waals surface area contributed by atoms with Gasteiger partial charge < -0.3 is 18.8 Å². The SMILES string of the molecule is COc1ccc2oc(C(=O)OCC(=O)N(C)Cc3ccc(C)cc3)c(C)c2c1. The number of amides is 1. The molecule has 1 heterocycles. The van der Waals surface area contributed by atoms with Gasteiger partial charge in [-0.25, -0.2) is 4.79 Å². The topological polar surface area (TPSA) is 69.0 Å². The van der Waals surface area contributed by atoms with Gasteiger partial charge in [0.25, 0.3) is 5.91 Å². The van der Waals surface area contributed by atoms with Crippen molar-refractivity contribution in [3.05, 3.63) is 64.9 Å². The molecular formula is C22H23NO5. The normalized spacial score (nSPS) is 10.7. The first-order chi connectivity index (χ1) is 13.4. The summed E-state index contributed by atoms with van der Waals surface area (Å²) in [6.45, 7) is 3.88. The van der Waals surface area contributed by atoms with Crippen molar-refractivity contribution in [1.82, 2.24) is 4.90 Å². The van der Waals surface area contributed by atoms with E-state index < -0.39 is 5.97 Å². The van der Waals surface area contributed by atoms with Gasteiger partial charge in [-0.3, -0.25) is 4.79 Å². The van der Waals surface area contributed by atoms with Crippen molar-refractivity contribution in [2.45, 2.75) is 20.4 Å². The Hall–Kier alpha value is -3.28. The molecule has 0 saturated heterocycles. The molecule has 6 heteroatoms. The van der Waals surface area contributed by atoms with Crippen LogP contribution < -0.4 is 4.74 Å². The number of fused-ring (bicyclic) bond motifs is 1. The van der Waals surface area contributed by atoms with Crippen LogP contribution in [0.15, 0.2) is 46.9 Å². The second kappa shape index (κ2) is 8.17. The van der Waals surface area contributed by atoms with Crippen molar-refractivity contribution < 1.29 is 23.5 Å². The minimum Gasteiger partial charge on any atom is -0.497 e. The zero-order chi connectivity index (χ0) is 20.3. The number of likely N-dealkylation sites (N-methyl/N-ethyl adjacent to an activating group) is 1. The summed E-state index contributed by atoms with van der Waals surface area (Å²) in [5, 5.41) is 0.772. The number of nitrogens with zero attached hydrogens (tertiary/aromatic N) is 1. The first-order valence-electron chi connectivity index (χ1n) is 8.93. The van der Waals surface area contributed by atoms with E-state index in [2.05, 4.69) is 0 Å². The van der Waals surface area contributed by atoms with Crippen LogP contribution in [0.25, 0.3) is 11.0 Å². The highest BCUT2D eigenvalue weighted by molar-refractivity contribution is 5.97. The molecule has 0 aliphatic rings. The van der Waals surface area contributed by atoms with Crippen LogP contribution in [0.5, 0.6) is 5.75 Å². The van der Waals surface area contributed by atoms with Crippen molar-refractivity contribution >= 4 is 22.8 Å². The molecule has 0 bridgehead atoms. The average Bonchev–Trinajstić information content (AvgIpc) is 3.03. The molecule has 146 valence electrons. The second-order valence-electron chi connectivity index (χ2n) is 6.73. The smallest absolute Gasteiger partial charge is 0.375 e. The number of rotatable bonds is 6. The molecule has 0 aliphatic carbocycles. The van der Waals surface area contributed by atoms with Crippen LogP contribution in [0.2, 0.25) is 0 Å². The minimum atomic E-state index is -0.662. The molecular weight excluding hydrogens is 358 g/mol. The van der Waals surface area contributed by atoms with Gasteiger partial charge in [-0.1, -0.05) is 29.8 Å². The van der Waals surface area contributed by atoms with E-state index in [0.29, 0.717) is 23.4 Å². The highest BCUT2D eigenvalue weighted by Gasteiger charge is 2.21. The maximum Gasteiger partial charge on any atom is 0.375 e. The van der Waals surface area contributed by atoms with Crippen LogP contribution in [0.3, 0.4) is 0 Å². The van der Waals surface area contributed by atoms with Crippen LogP contribution >= 0.6 is 0 Å². The van der Waals surface area contributed by atoms with Gasteiger partial charge in [0.05, 0.1) is 7.11 Å². The Morgan fingerprint density at radius 3 is 2.46 bits per heavy atom. The molecule has 0 saturated carbocycles. The summed E-state index contributed by atoms with van der Waals surface area (Å²) in [6, 6.07) is 13.2. The minimum absolute atomic E-state index is 0.0947. The quantitative estimate of drug-likeness (QED) is 0.606. The van der Waals surface area contributed by atoms with Gasteiger partial charge in [-0.15, -0.1) is 0 Å². The Bertz CT molecular complexity index is 1000. The van der Waals surface area contributed by atoms with E-state index in [0.717, 1.165) is 16.5 Å². The Morgan fingerprint density at radius 2 is 1.79 bits per heavy atom. The number of ether oxygens (including phenoxy) is 2. The summed E-state index contributed by atoms with van der Waals surface area (Å²) in [5.74, 6) is -0.185. The van der Waals surface area contributed by atoms with Crippen LogP contribution in [0, 0.1) is 13.8 Å². The largest absolute Gasteiger partial charge is 0.497 e. The van der Waals surface area contributed by atoms with Gasteiger partial charge in [0, 0.05) is 24.5 Å². The van der Waals surface area contributed by atoms with Crippen molar-refractivity contribution in [3.63, 3.8) is 0 Å². The van der Waals surface area contributed by atoms with Gasteiger partial charge in [0.15, 0.2) is 6.61 Å². The Labute approximate surface area is 163 Å². The summed E-state index contributed by atoms with van der Waals surface area (Å²) < 4.78 is 16.0. The number of methoxy groups -OCH3 is 1. The Balaban J connectivity index is 1.63. The molecule has 0 radical (unpaired) electrons. The highest BCUT2D eigenvalue weighted by atomic mass is 16.5. The molecule has 2 aromatic carbocycles. The molecule has 1 aromatic heterocycles. The number of aryl methyl sites for hydroxylation is 2. The highest BCUT2D eigenvalue weighted by Crippen LogP contribution is 2.29. The lowest BCUT2D eigenvalue weighted by Crippen LogP contribution is -2.30. The predicted octanol–water partition coefficient (Wildman–Crippen LogP) is 3.87. The maximum atomic E-state index is 12.4. The lowest BCUT2D eigenvalue weighted by Gasteiger charge is -2.17. The van der Waals surface area contributed by atoms with E-state index >= 15 is 0 Å². The molecule has 0 N–H and O–H groups in total. The third-order valence-corrected chi connectivity index (χ3v) is 4.62. The summed E-state index contributed by atoms with van der Waals surface area (Å²) in [5.41, 5.74) is 3.38. The molecule has 0 unspecified atom stereocenters. The van der Waals surface area contributed by atoms with E-state index in [4.69, 9.17) is 13.9 Å². The first-order valence-corrected chi connectivity index (χ1v) is 8.93. The second-order valence-corrected chi connectivity index (χ2v) is 6.73. The molecule has 0 spiro atoms. The summed E-state index contributed by atoms with van der Waals surface area (Å²) in [4.78, 5) is 26.2. The molecule has 1 amide bonds. The van der Waals surface area contributed by atoms with Gasteiger partial charge >= 0.3 is 5.97 Å². The van der Waals surface area contributed by atoms with Crippen molar-refractivity contribution in [1.29, 1.82) is 0 Å². The van der Waals surface area contributed by atoms with E-state index in [-0.39, 0.29) is 18.3 Å². The fourth-order valence-electron chi connectivity index (χ4n) is 2.88. The summed E-state index contributed by atoms with van der Waals surface area (Å²) in [6.07, 6.45) is 0. The molecule has 6 nitrogen and oxygen atoms in total. The molecule has 3 aromatic rings. The van der Waals surface area contributed by atoms with Crippen LogP contribution in [0.4, 0.5) is 0 Å². The Morgan fingerprint density at radius 1 is 1.07 bits per heavy atom. The molecule has 0 aliphatic heterocycles. The average molecular weight is 381 g/mol. The van der Waals surface area contributed by atoms with Gasteiger partial charge in [-0.2, -0.15) is 0 Å². The predicted molar refractivity (Wildman–Crippen MR) is 105 cm³/mol. The van der Waals surface area contributed by atoms with Crippen molar-refractivity contribution in [3.8, 4) is 5.75 Å². The first kappa shape index (κ1) is 19.5. The lowest BCUT2D eigenvalue weighted by molar-refractivity contribution is -0.133. The van der Waals surface area contributed by atoms with E-state index in [1.54, 1.807) is 39.3 Å². The molecule has 3 rings (SSSR count). The zero-order valence-electron chi connectivity index (χ0n) is 16.4. The van der Waals surface area contributed by atoms with Crippen LogP contribution in [-0.4, -0.2) is 37.5 Å². The number of esters is 1. The fraction of sp³-hybridized carbons (Fsp3) is 0.273. The van der Waals surface area contributed by atoms with Gasteiger partial charge in [-0.05, 0) is 37.6 Å². The fourth-order valence-corrected chi connectivity index (χ4v) is 2.88. The number of hydrogen-bond donors (Lipinski definition) is 0. The van der Waals surface area contributed by atoms with Crippen molar-refractivity contribution in [2.24, 2.45) is 0 Å². The lowest BCUT2D eigenvalue weighted by atomic mass is 10.1. The maximum absolute atomic E-state index is 12.4. The monoisotopic (exact) mass is 381 g/mol. The molecule has 0 fully saturated rings. The van der Waals surface area contributed by atoms with E-state index in [9.17, 15) is 9.59 Å². The Kier molecular flexibility index (Phi) is 5.68. The zero-order valence-corrected chi connectivity index (χ0v) is 16.4. The van der Waals surface area contributed by atoms with E-state index in [1.165, 1.54) is 4.90 Å². The van der Waals surface area contributed by atoms with Gasteiger partial charge in [0.1, 0.15) is 11.3 Å². The molecule has 0 atom stereocenters. The van der Waals surface area contributed by atoms with Crippen molar-refractivity contribution in [2.75, 3.05) is 20.8 Å². The third kappa shape index (κ3) is 4.17. The number of benzene rings is 2. The summed E-state index contributed by atoms with van der Waals surface area (Å²) >= 11 is 0. The van der Waals surface area contributed by atoms with Crippen LogP contribution in [0.1, 0.15) is 27.2 Å². The number of furan rings is 1. The molecule has 28 heavy (non-hydrogen) atoms. The van der Waals surface area contributed by atoms with Crippen LogP contribution in [-0.2, 0) is 16.1 Å². The third-order valence-electron chi connectivity index (χ3n) is 4.62. The summed E-state index contributed by atoms with van der Waals surface area (Å²) in [7, 11) is 3.25. The number of hydrogen-bond acceptors (Lipinski definition) is 5. The van der Waals surface area contributed by atoms with E-state index in [1.807, 2.05) is 31.2 Å². The number of carbonyl (C=O) groups excluding carboxylic acids is 2. The number of carbonyl (C=O) groups is 2. The van der Waals surface area contributed by atoms with Gasteiger partial charge in [0.2, 0.25) is 5.76 Å².